The van der Waals surface area contributed by atoms with Gasteiger partial charge >= 0.3 is 0 Å². The van der Waals surface area contributed by atoms with Crippen LogP contribution in [0.25, 0.3) is 0 Å². The van der Waals surface area contributed by atoms with E-state index in [1.54, 1.807) is 0 Å². The fraction of sp³-hybridized carbons (Fsp3) is 0.417. The molecule has 1 fully saturated rings. The van der Waals surface area contributed by atoms with Crippen molar-refractivity contribution in [3.05, 3.63) is 28.3 Å². The van der Waals surface area contributed by atoms with Gasteiger partial charge in [-0.3, -0.25) is 4.79 Å². The van der Waals surface area contributed by atoms with Gasteiger partial charge in [0.15, 0.2) is 0 Å². The van der Waals surface area contributed by atoms with Crippen LogP contribution < -0.4 is 5.32 Å². The van der Waals surface area contributed by atoms with E-state index in [0.29, 0.717) is 0 Å². The molecule has 1 aromatic carbocycles. The smallest absolute Gasteiger partial charge is 0.227 e. The predicted octanol–water partition coefficient (Wildman–Crippen LogP) is 3.31. The maximum atomic E-state index is 11.6. The highest BCUT2D eigenvalue weighted by atomic mass is 35.5. The number of carbonyl (C=O) groups is 1. The molecule has 0 aromatic heterocycles. The van der Waals surface area contributed by atoms with Crippen LogP contribution in [0.1, 0.15) is 24.0 Å². The molecule has 80 valence electrons. The molecule has 0 unspecified atom stereocenters. The Morgan fingerprint density at radius 2 is 1.87 bits per heavy atom. The maximum Gasteiger partial charge on any atom is 0.227 e. The van der Waals surface area contributed by atoms with Crippen molar-refractivity contribution in [2.45, 2.75) is 26.7 Å². The van der Waals surface area contributed by atoms with E-state index in [2.05, 4.69) is 5.32 Å². The third-order valence-electron chi connectivity index (χ3n) is 2.69. The maximum absolute atomic E-state index is 11.6. The number of anilines is 1. The number of halogens is 1. The quantitative estimate of drug-likeness (QED) is 0.819. The van der Waals surface area contributed by atoms with Gasteiger partial charge in [-0.1, -0.05) is 11.6 Å². The molecule has 1 saturated carbocycles. The standard InChI is InChI=1S/C12H14ClNO/c1-7-5-10(13)6-8(2)11(7)14-12(15)9-3-4-9/h5-6,9H,3-4H2,1-2H3,(H,14,15). The van der Waals surface area contributed by atoms with E-state index in [1.165, 1.54) is 0 Å². The lowest BCUT2D eigenvalue weighted by molar-refractivity contribution is -0.117. The highest BCUT2D eigenvalue weighted by Crippen LogP contribution is 2.32. The summed E-state index contributed by atoms with van der Waals surface area (Å²) in [5.74, 6) is 0.378. The van der Waals surface area contributed by atoms with Crippen molar-refractivity contribution >= 4 is 23.2 Å². The summed E-state index contributed by atoms with van der Waals surface area (Å²) >= 11 is 5.92. The lowest BCUT2D eigenvalue weighted by atomic mass is 10.1. The van der Waals surface area contributed by atoms with Crippen LogP contribution >= 0.6 is 11.6 Å². The highest BCUT2D eigenvalue weighted by Gasteiger charge is 2.30. The number of amides is 1. The van der Waals surface area contributed by atoms with Crippen LogP contribution in [0, 0.1) is 19.8 Å². The lowest BCUT2D eigenvalue weighted by Crippen LogP contribution is -2.15. The van der Waals surface area contributed by atoms with Gasteiger partial charge in [-0.15, -0.1) is 0 Å². The third-order valence-corrected chi connectivity index (χ3v) is 2.91. The minimum Gasteiger partial charge on any atom is -0.325 e. The molecule has 1 N–H and O–H groups in total. The Morgan fingerprint density at radius 3 is 2.33 bits per heavy atom. The number of carbonyl (C=O) groups excluding carboxylic acids is 1. The minimum atomic E-state index is 0.142. The highest BCUT2D eigenvalue weighted by molar-refractivity contribution is 6.30. The fourth-order valence-corrected chi connectivity index (χ4v) is 2.01. The summed E-state index contributed by atoms with van der Waals surface area (Å²) in [6.45, 7) is 3.92. The van der Waals surface area contributed by atoms with E-state index in [-0.39, 0.29) is 11.8 Å². The van der Waals surface area contributed by atoms with Crippen molar-refractivity contribution in [2.24, 2.45) is 5.92 Å². The molecule has 2 rings (SSSR count). The molecule has 1 aromatic rings. The predicted molar refractivity (Wildman–Crippen MR) is 62.3 cm³/mol. The van der Waals surface area contributed by atoms with Gasteiger partial charge in [0, 0.05) is 16.6 Å². The molecule has 0 bridgehead atoms. The molecule has 0 radical (unpaired) electrons. The first-order chi connectivity index (χ1) is 7.08. The molecular formula is C12H14ClNO. The number of rotatable bonds is 2. The lowest BCUT2D eigenvalue weighted by Gasteiger charge is -2.11. The molecule has 0 saturated heterocycles. The molecular weight excluding hydrogens is 210 g/mol. The second-order valence-corrected chi connectivity index (χ2v) is 4.61. The third kappa shape index (κ3) is 2.32. The first-order valence-corrected chi connectivity index (χ1v) is 5.53. The van der Waals surface area contributed by atoms with Crippen LogP contribution in [-0.2, 0) is 4.79 Å². The van der Waals surface area contributed by atoms with Crippen molar-refractivity contribution in [1.29, 1.82) is 0 Å². The van der Waals surface area contributed by atoms with Crippen LogP contribution in [0.4, 0.5) is 5.69 Å². The van der Waals surface area contributed by atoms with Gasteiger partial charge in [0.05, 0.1) is 0 Å². The van der Waals surface area contributed by atoms with Gasteiger partial charge in [-0.2, -0.15) is 0 Å². The number of benzene rings is 1. The van der Waals surface area contributed by atoms with E-state index < -0.39 is 0 Å². The zero-order valence-corrected chi connectivity index (χ0v) is 9.69. The largest absolute Gasteiger partial charge is 0.325 e. The van der Waals surface area contributed by atoms with Gasteiger partial charge in [0.2, 0.25) is 5.91 Å². The SMILES string of the molecule is Cc1cc(Cl)cc(C)c1NC(=O)C1CC1. The summed E-state index contributed by atoms with van der Waals surface area (Å²) in [4.78, 5) is 11.6. The van der Waals surface area contributed by atoms with Gasteiger partial charge in [0.1, 0.15) is 0 Å². The molecule has 1 aliphatic rings. The van der Waals surface area contributed by atoms with E-state index in [0.717, 1.165) is 34.7 Å². The zero-order chi connectivity index (χ0) is 11.0. The number of hydrogen-bond donors (Lipinski definition) is 1. The first-order valence-electron chi connectivity index (χ1n) is 5.15. The normalized spacial score (nSPS) is 15.1. The fourth-order valence-electron chi connectivity index (χ4n) is 1.68. The van der Waals surface area contributed by atoms with E-state index in [1.807, 2.05) is 26.0 Å². The minimum absolute atomic E-state index is 0.142. The Morgan fingerprint density at radius 1 is 1.33 bits per heavy atom. The summed E-state index contributed by atoms with van der Waals surface area (Å²) in [5.41, 5.74) is 2.96. The van der Waals surface area contributed by atoms with Crippen molar-refractivity contribution in [3.63, 3.8) is 0 Å². The molecule has 0 aliphatic heterocycles. The molecule has 2 nitrogen and oxygen atoms in total. The van der Waals surface area contributed by atoms with E-state index in [9.17, 15) is 4.79 Å². The second-order valence-electron chi connectivity index (χ2n) is 4.18. The van der Waals surface area contributed by atoms with Crippen LogP contribution in [-0.4, -0.2) is 5.91 Å². The Labute approximate surface area is 94.6 Å². The summed E-state index contributed by atoms with van der Waals surface area (Å²) in [6, 6.07) is 3.74. The Balaban J connectivity index is 2.23. The Kier molecular flexibility index (Phi) is 2.70. The summed E-state index contributed by atoms with van der Waals surface area (Å²) in [7, 11) is 0. The number of hydrogen-bond acceptors (Lipinski definition) is 1. The molecule has 1 aliphatic carbocycles. The van der Waals surface area contributed by atoms with Crippen molar-refractivity contribution < 1.29 is 4.79 Å². The van der Waals surface area contributed by atoms with Crippen LogP contribution in [0.2, 0.25) is 5.02 Å². The topological polar surface area (TPSA) is 29.1 Å². The monoisotopic (exact) mass is 223 g/mol. The number of nitrogens with one attached hydrogen (secondary N) is 1. The van der Waals surface area contributed by atoms with Crippen molar-refractivity contribution in [3.8, 4) is 0 Å². The molecule has 0 heterocycles. The van der Waals surface area contributed by atoms with Gasteiger partial charge in [-0.05, 0) is 49.9 Å². The Bertz CT molecular complexity index is 387. The zero-order valence-electron chi connectivity index (χ0n) is 8.93. The summed E-state index contributed by atoms with van der Waals surface area (Å²) in [5, 5.41) is 3.69. The molecule has 0 atom stereocenters. The first kappa shape index (κ1) is 10.5. The molecule has 3 heteroatoms. The average Bonchev–Trinajstić information content (AvgIpc) is 2.93. The molecule has 1 amide bonds. The average molecular weight is 224 g/mol. The molecule has 0 spiro atoms. The number of aryl methyl sites for hydroxylation is 2. The van der Waals surface area contributed by atoms with Gasteiger partial charge in [-0.25, -0.2) is 0 Å². The molecule has 15 heavy (non-hydrogen) atoms. The summed E-state index contributed by atoms with van der Waals surface area (Å²) in [6.07, 6.45) is 2.05. The van der Waals surface area contributed by atoms with Crippen LogP contribution in [0.15, 0.2) is 12.1 Å². The van der Waals surface area contributed by atoms with E-state index >= 15 is 0 Å². The van der Waals surface area contributed by atoms with Gasteiger partial charge < -0.3 is 5.32 Å². The van der Waals surface area contributed by atoms with Crippen LogP contribution in [0.3, 0.4) is 0 Å². The van der Waals surface area contributed by atoms with Crippen LogP contribution in [0.5, 0.6) is 0 Å². The second kappa shape index (κ2) is 3.86. The van der Waals surface area contributed by atoms with Crippen molar-refractivity contribution in [1.82, 2.24) is 0 Å². The van der Waals surface area contributed by atoms with Gasteiger partial charge in [0.25, 0.3) is 0 Å². The van der Waals surface area contributed by atoms with E-state index in [4.69, 9.17) is 11.6 Å². The summed E-state index contributed by atoms with van der Waals surface area (Å²) < 4.78 is 0. The van der Waals surface area contributed by atoms with Crippen molar-refractivity contribution in [2.75, 3.05) is 5.32 Å². The Hall–Kier alpha value is -1.02.